The van der Waals surface area contributed by atoms with Crippen molar-refractivity contribution in [1.29, 1.82) is 0 Å². The Morgan fingerprint density at radius 1 is 0.517 bits per heavy atom. The monoisotopic (exact) mass is 380 g/mol. The van der Waals surface area contributed by atoms with E-state index in [-0.39, 0.29) is 16.9 Å². The zero-order chi connectivity index (χ0) is 20.4. The van der Waals surface area contributed by atoms with Crippen molar-refractivity contribution in [1.82, 2.24) is 0 Å². The fourth-order valence-electron chi connectivity index (χ4n) is 4.05. The second kappa shape index (κ2) is 7.48. The summed E-state index contributed by atoms with van der Waals surface area (Å²) in [7, 11) is 0. The molecule has 0 saturated heterocycles. The summed E-state index contributed by atoms with van der Waals surface area (Å²) in [5.74, 6) is 0.519. The van der Waals surface area contributed by atoms with Gasteiger partial charge in [-0.25, -0.2) is 0 Å². The van der Waals surface area contributed by atoms with Crippen molar-refractivity contribution in [3.05, 3.63) is 108 Å². The van der Waals surface area contributed by atoms with Crippen molar-refractivity contribution in [2.45, 2.75) is 19.3 Å². The van der Waals surface area contributed by atoms with Crippen LogP contribution in [-0.2, 0) is 5.41 Å². The Hall–Kier alpha value is -3.52. The maximum Gasteiger partial charge on any atom is 0.116 e. The predicted molar refractivity (Wildman–Crippen MR) is 119 cm³/mol. The molecule has 2 nitrogen and oxygen atoms in total. The van der Waals surface area contributed by atoms with Crippen LogP contribution in [0.25, 0.3) is 22.3 Å². The van der Waals surface area contributed by atoms with Crippen molar-refractivity contribution in [2.24, 2.45) is 0 Å². The summed E-state index contributed by atoms with van der Waals surface area (Å²) < 4.78 is 0. The van der Waals surface area contributed by atoms with Crippen LogP contribution in [0.4, 0.5) is 0 Å². The molecule has 0 radical (unpaired) electrons. The van der Waals surface area contributed by atoms with Crippen LogP contribution in [0.3, 0.4) is 0 Å². The Kier molecular flexibility index (Phi) is 4.85. The van der Waals surface area contributed by atoms with Crippen molar-refractivity contribution in [3.8, 4) is 33.8 Å². The van der Waals surface area contributed by atoms with Gasteiger partial charge in [0, 0.05) is 5.41 Å². The zero-order valence-corrected chi connectivity index (χ0v) is 16.6. The Morgan fingerprint density at radius 2 is 0.931 bits per heavy atom. The molecule has 4 aromatic carbocycles. The molecule has 144 valence electrons. The standard InChI is InChI=1S/C27H24O2/c1-27(2,25-15-5-3-13-23(25)19-9-7-11-21(28)17-19)26-16-6-4-14-24(26)20-10-8-12-22(29)18-20/h3-18,28-29H,1-2H3. The van der Waals surface area contributed by atoms with E-state index >= 15 is 0 Å². The fraction of sp³-hybridized carbons (Fsp3) is 0.111. The molecule has 0 aliphatic rings. The van der Waals surface area contributed by atoms with Crippen LogP contribution in [0.2, 0.25) is 0 Å². The molecule has 0 spiro atoms. The molecule has 29 heavy (non-hydrogen) atoms. The lowest BCUT2D eigenvalue weighted by molar-refractivity contribution is 0.475. The number of phenols is 2. The quantitative estimate of drug-likeness (QED) is 0.411. The minimum Gasteiger partial charge on any atom is -0.508 e. The lowest BCUT2D eigenvalue weighted by Gasteiger charge is -2.31. The van der Waals surface area contributed by atoms with E-state index in [0.29, 0.717) is 0 Å². The fourth-order valence-corrected chi connectivity index (χ4v) is 4.05. The third-order valence-electron chi connectivity index (χ3n) is 5.52. The van der Waals surface area contributed by atoms with Crippen LogP contribution in [0.1, 0.15) is 25.0 Å². The van der Waals surface area contributed by atoms with E-state index < -0.39 is 0 Å². The number of hydrogen-bond donors (Lipinski definition) is 2. The van der Waals surface area contributed by atoms with Gasteiger partial charge in [-0.1, -0.05) is 86.6 Å². The van der Waals surface area contributed by atoms with Gasteiger partial charge in [-0.2, -0.15) is 0 Å². The van der Waals surface area contributed by atoms with Gasteiger partial charge in [0.1, 0.15) is 11.5 Å². The Balaban J connectivity index is 1.90. The molecule has 4 rings (SSSR count). The molecule has 0 amide bonds. The summed E-state index contributed by atoms with van der Waals surface area (Å²) >= 11 is 0. The molecular formula is C27H24O2. The van der Waals surface area contributed by atoms with Crippen LogP contribution >= 0.6 is 0 Å². The van der Waals surface area contributed by atoms with E-state index in [1.54, 1.807) is 24.3 Å². The Morgan fingerprint density at radius 3 is 1.34 bits per heavy atom. The van der Waals surface area contributed by atoms with E-state index in [1.807, 2.05) is 36.4 Å². The summed E-state index contributed by atoms with van der Waals surface area (Å²) in [6.45, 7) is 4.44. The van der Waals surface area contributed by atoms with Crippen LogP contribution < -0.4 is 0 Å². The first-order valence-corrected chi connectivity index (χ1v) is 9.74. The normalized spacial score (nSPS) is 11.4. The average Bonchev–Trinajstić information content (AvgIpc) is 2.74. The van der Waals surface area contributed by atoms with Gasteiger partial charge in [0.05, 0.1) is 0 Å². The first kappa shape index (κ1) is 18.8. The van der Waals surface area contributed by atoms with E-state index in [0.717, 1.165) is 22.3 Å². The van der Waals surface area contributed by atoms with E-state index in [1.165, 1.54) is 11.1 Å². The molecule has 4 aromatic rings. The van der Waals surface area contributed by atoms with Crippen molar-refractivity contribution in [3.63, 3.8) is 0 Å². The van der Waals surface area contributed by atoms with Crippen LogP contribution in [0.15, 0.2) is 97.1 Å². The molecular weight excluding hydrogens is 356 g/mol. The molecule has 0 aliphatic carbocycles. The highest BCUT2D eigenvalue weighted by atomic mass is 16.3. The minimum atomic E-state index is -0.301. The van der Waals surface area contributed by atoms with E-state index in [4.69, 9.17) is 0 Å². The SMILES string of the molecule is CC(C)(c1ccccc1-c1cccc(O)c1)c1ccccc1-c1cccc(O)c1. The van der Waals surface area contributed by atoms with Gasteiger partial charge in [-0.3, -0.25) is 0 Å². The van der Waals surface area contributed by atoms with Crippen LogP contribution in [0.5, 0.6) is 11.5 Å². The van der Waals surface area contributed by atoms with Gasteiger partial charge >= 0.3 is 0 Å². The third-order valence-corrected chi connectivity index (χ3v) is 5.52. The zero-order valence-electron chi connectivity index (χ0n) is 16.6. The van der Waals surface area contributed by atoms with Gasteiger partial charge in [0.15, 0.2) is 0 Å². The van der Waals surface area contributed by atoms with Gasteiger partial charge in [0.25, 0.3) is 0 Å². The highest BCUT2D eigenvalue weighted by Gasteiger charge is 2.28. The molecule has 0 fully saturated rings. The van der Waals surface area contributed by atoms with Crippen LogP contribution in [-0.4, -0.2) is 10.2 Å². The topological polar surface area (TPSA) is 40.5 Å². The molecule has 0 bridgehead atoms. The number of aromatic hydroxyl groups is 2. The highest BCUT2D eigenvalue weighted by molar-refractivity contribution is 5.75. The summed E-state index contributed by atoms with van der Waals surface area (Å²) in [5, 5.41) is 20.0. The van der Waals surface area contributed by atoms with Gasteiger partial charge in [-0.05, 0) is 57.6 Å². The molecule has 0 saturated carbocycles. The van der Waals surface area contributed by atoms with Gasteiger partial charge in [-0.15, -0.1) is 0 Å². The molecule has 2 heteroatoms. The summed E-state index contributed by atoms with van der Waals surface area (Å²) in [6.07, 6.45) is 0. The molecule has 0 heterocycles. The maximum atomic E-state index is 9.98. The summed E-state index contributed by atoms with van der Waals surface area (Å²) in [5.41, 5.74) is 6.23. The second-order valence-corrected chi connectivity index (χ2v) is 7.82. The number of benzene rings is 4. The summed E-state index contributed by atoms with van der Waals surface area (Å²) in [4.78, 5) is 0. The number of hydrogen-bond acceptors (Lipinski definition) is 2. The molecule has 2 N–H and O–H groups in total. The van der Waals surface area contributed by atoms with Crippen molar-refractivity contribution < 1.29 is 10.2 Å². The van der Waals surface area contributed by atoms with E-state index in [9.17, 15) is 10.2 Å². The van der Waals surface area contributed by atoms with E-state index in [2.05, 4.69) is 50.2 Å². The average molecular weight is 380 g/mol. The largest absolute Gasteiger partial charge is 0.508 e. The molecule has 0 atom stereocenters. The predicted octanol–water partition coefficient (Wildman–Crippen LogP) is 6.76. The molecule has 0 unspecified atom stereocenters. The maximum absolute atomic E-state index is 9.98. The second-order valence-electron chi connectivity index (χ2n) is 7.82. The Bertz CT molecular complexity index is 1070. The van der Waals surface area contributed by atoms with Crippen molar-refractivity contribution >= 4 is 0 Å². The molecule has 0 aliphatic heterocycles. The third kappa shape index (κ3) is 3.62. The lowest BCUT2D eigenvalue weighted by atomic mass is 9.72. The smallest absolute Gasteiger partial charge is 0.116 e. The van der Waals surface area contributed by atoms with Gasteiger partial charge in [0.2, 0.25) is 0 Å². The van der Waals surface area contributed by atoms with Crippen LogP contribution in [0, 0.1) is 0 Å². The first-order valence-electron chi connectivity index (χ1n) is 9.74. The van der Waals surface area contributed by atoms with Crippen molar-refractivity contribution in [2.75, 3.05) is 0 Å². The lowest BCUT2D eigenvalue weighted by Crippen LogP contribution is -2.21. The highest BCUT2D eigenvalue weighted by Crippen LogP contribution is 2.42. The number of rotatable bonds is 4. The van der Waals surface area contributed by atoms with Gasteiger partial charge < -0.3 is 10.2 Å². The molecule has 0 aromatic heterocycles. The Labute approximate surface area is 171 Å². The summed E-state index contributed by atoms with van der Waals surface area (Å²) in [6, 6.07) is 31.4. The number of phenolic OH excluding ortho intramolecular Hbond substituents is 2. The first-order chi connectivity index (χ1) is 14.0. The minimum absolute atomic E-state index is 0.260.